The topological polar surface area (TPSA) is 61.5 Å². The summed E-state index contributed by atoms with van der Waals surface area (Å²) in [6.07, 6.45) is 0.241. The average Bonchev–Trinajstić information content (AvgIpc) is 3.25. The molecule has 0 N–H and O–H groups in total. The number of hydrogen-bond acceptors (Lipinski definition) is 6. The van der Waals surface area contributed by atoms with Gasteiger partial charge in [-0.05, 0) is 29.8 Å². The highest BCUT2D eigenvalue weighted by Crippen LogP contribution is 2.36. The Kier molecular flexibility index (Phi) is 3.56. The van der Waals surface area contributed by atoms with Crippen LogP contribution in [0.15, 0.2) is 48.5 Å². The van der Waals surface area contributed by atoms with Crippen molar-refractivity contribution in [2.75, 3.05) is 6.61 Å². The summed E-state index contributed by atoms with van der Waals surface area (Å²) in [5.41, 5.74) is 0.946. The first-order valence-corrected chi connectivity index (χ1v) is 8.92. The zero-order chi connectivity index (χ0) is 17.5. The van der Waals surface area contributed by atoms with Gasteiger partial charge >= 0.3 is 0 Å². The van der Waals surface area contributed by atoms with Crippen LogP contribution in [-0.4, -0.2) is 26.4 Å². The maximum atomic E-state index is 13.1. The number of nitrogens with zero attached hydrogens (tertiary/aromatic N) is 4. The van der Waals surface area contributed by atoms with Crippen molar-refractivity contribution in [3.63, 3.8) is 0 Å². The Morgan fingerprint density at radius 1 is 1.08 bits per heavy atom. The Labute approximate surface area is 151 Å². The number of hydrogen-bond donors (Lipinski definition) is 0. The summed E-state index contributed by atoms with van der Waals surface area (Å²) in [7, 11) is 0. The number of halogens is 1. The normalized spacial score (nSPS) is 16.1. The molecule has 1 aliphatic rings. The van der Waals surface area contributed by atoms with Gasteiger partial charge in [-0.1, -0.05) is 35.6 Å². The molecule has 0 radical (unpaired) electrons. The van der Waals surface area contributed by atoms with Crippen molar-refractivity contribution in [2.24, 2.45) is 0 Å². The summed E-state index contributed by atoms with van der Waals surface area (Å²) >= 11 is 1.43. The lowest BCUT2D eigenvalue weighted by Crippen LogP contribution is -2.21. The average molecular weight is 368 g/mol. The Balaban J connectivity index is 1.42. The van der Waals surface area contributed by atoms with Crippen LogP contribution in [-0.2, 0) is 6.42 Å². The molecule has 2 aromatic heterocycles. The first kappa shape index (κ1) is 15.3. The van der Waals surface area contributed by atoms with Crippen molar-refractivity contribution >= 4 is 16.3 Å². The fourth-order valence-electron chi connectivity index (χ4n) is 2.84. The minimum Gasteiger partial charge on any atom is -0.485 e. The molecule has 0 saturated heterocycles. The second-order valence-corrected chi connectivity index (χ2v) is 6.91. The molecule has 2 aromatic carbocycles. The molecule has 0 spiro atoms. The summed E-state index contributed by atoms with van der Waals surface area (Å²) in [6.45, 7) is 0.397. The molecule has 5 rings (SSSR count). The van der Waals surface area contributed by atoms with Gasteiger partial charge in [0.15, 0.2) is 28.4 Å². The summed E-state index contributed by atoms with van der Waals surface area (Å²) in [5, 5.41) is 13.8. The minimum absolute atomic E-state index is 0.259. The lowest BCUT2D eigenvalue weighted by atomic mass is 10.1. The Bertz CT molecular complexity index is 1080. The predicted octanol–water partition coefficient (Wildman–Crippen LogP) is 3.43. The van der Waals surface area contributed by atoms with Crippen LogP contribution in [0, 0.1) is 5.82 Å². The van der Waals surface area contributed by atoms with Crippen LogP contribution in [0.3, 0.4) is 0 Å². The smallest absolute Gasteiger partial charge is 0.234 e. The molecule has 0 saturated carbocycles. The van der Waals surface area contributed by atoms with E-state index in [4.69, 9.17) is 9.47 Å². The number of para-hydroxylation sites is 2. The molecule has 0 bridgehead atoms. The summed E-state index contributed by atoms with van der Waals surface area (Å²) < 4.78 is 26.5. The van der Waals surface area contributed by atoms with Crippen molar-refractivity contribution < 1.29 is 13.9 Å². The van der Waals surface area contributed by atoms with E-state index in [-0.39, 0.29) is 11.9 Å². The maximum absolute atomic E-state index is 13.1. The highest BCUT2D eigenvalue weighted by Gasteiger charge is 2.26. The summed E-state index contributed by atoms with van der Waals surface area (Å²) in [4.78, 5) is 0.694. The minimum atomic E-state index is -0.282. The van der Waals surface area contributed by atoms with Crippen molar-refractivity contribution in [3.05, 3.63) is 70.7 Å². The van der Waals surface area contributed by atoms with Crippen molar-refractivity contribution in [2.45, 2.75) is 12.5 Å². The Morgan fingerprint density at radius 2 is 1.88 bits per heavy atom. The van der Waals surface area contributed by atoms with E-state index in [9.17, 15) is 4.39 Å². The first-order valence-electron chi connectivity index (χ1n) is 8.10. The van der Waals surface area contributed by atoms with Crippen molar-refractivity contribution in [1.29, 1.82) is 0 Å². The highest BCUT2D eigenvalue weighted by atomic mass is 32.1. The molecule has 6 nitrogen and oxygen atoms in total. The van der Waals surface area contributed by atoms with E-state index in [1.807, 2.05) is 24.3 Å². The lowest BCUT2D eigenvalue weighted by molar-refractivity contribution is 0.0904. The van der Waals surface area contributed by atoms with Crippen LogP contribution in [0.5, 0.6) is 11.5 Å². The van der Waals surface area contributed by atoms with Gasteiger partial charge in [0.1, 0.15) is 12.4 Å². The fourth-order valence-corrected chi connectivity index (χ4v) is 3.71. The number of fused-ring (bicyclic) bond motifs is 2. The molecular formula is C18H13FN4O2S. The van der Waals surface area contributed by atoms with Crippen LogP contribution in [0.25, 0.3) is 4.96 Å². The van der Waals surface area contributed by atoms with E-state index in [2.05, 4.69) is 15.3 Å². The number of ether oxygens (including phenoxy) is 2. The number of benzene rings is 2. The van der Waals surface area contributed by atoms with Gasteiger partial charge in [-0.25, -0.2) is 4.39 Å². The largest absolute Gasteiger partial charge is 0.485 e. The molecule has 8 heteroatoms. The van der Waals surface area contributed by atoms with E-state index in [1.165, 1.54) is 23.5 Å². The number of aromatic nitrogens is 4. The van der Waals surface area contributed by atoms with Gasteiger partial charge in [0.05, 0.1) is 0 Å². The molecule has 130 valence electrons. The van der Waals surface area contributed by atoms with E-state index in [1.54, 1.807) is 16.6 Å². The third-order valence-electron chi connectivity index (χ3n) is 4.13. The standard InChI is InChI=1S/C18H13FN4O2S/c19-12-7-5-11(6-8-12)9-16-20-21-18-23(16)22-17(26-18)15-10-24-13-3-1-2-4-14(13)25-15/h1-8,15H,9-10H2/t15-/m0/s1. The molecule has 4 aromatic rings. The second-order valence-electron chi connectivity index (χ2n) is 5.92. The molecule has 0 fully saturated rings. The fraction of sp³-hybridized carbons (Fsp3) is 0.167. The Morgan fingerprint density at radius 3 is 2.73 bits per heavy atom. The van der Waals surface area contributed by atoms with Gasteiger partial charge in [-0.2, -0.15) is 9.61 Å². The third kappa shape index (κ3) is 2.68. The highest BCUT2D eigenvalue weighted by molar-refractivity contribution is 7.16. The van der Waals surface area contributed by atoms with Gasteiger partial charge in [-0.15, -0.1) is 10.2 Å². The predicted molar refractivity (Wildman–Crippen MR) is 93.2 cm³/mol. The molecule has 26 heavy (non-hydrogen) atoms. The Hall–Kier alpha value is -3.00. The monoisotopic (exact) mass is 368 g/mol. The SMILES string of the molecule is Fc1ccc(Cc2nnc3sc([C@@H]4COc5ccccc5O4)nn23)cc1. The molecule has 1 aliphatic heterocycles. The number of rotatable bonds is 3. The van der Waals surface area contributed by atoms with E-state index in [0.717, 1.165) is 16.3 Å². The quantitative estimate of drug-likeness (QED) is 0.554. The van der Waals surface area contributed by atoms with E-state index in [0.29, 0.717) is 29.6 Å². The lowest BCUT2D eigenvalue weighted by Gasteiger charge is -2.24. The zero-order valence-corrected chi connectivity index (χ0v) is 14.3. The van der Waals surface area contributed by atoms with E-state index < -0.39 is 0 Å². The van der Waals surface area contributed by atoms with Crippen molar-refractivity contribution in [3.8, 4) is 11.5 Å². The van der Waals surface area contributed by atoms with Crippen LogP contribution in [0.2, 0.25) is 0 Å². The van der Waals surface area contributed by atoms with Crippen LogP contribution in [0.4, 0.5) is 4.39 Å². The van der Waals surface area contributed by atoms with Gasteiger partial charge in [0, 0.05) is 6.42 Å². The van der Waals surface area contributed by atoms with Gasteiger partial charge in [0.25, 0.3) is 0 Å². The van der Waals surface area contributed by atoms with Crippen molar-refractivity contribution in [1.82, 2.24) is 19.8 Å². The third-order valence-corrected chi connectivity index (χ3v) is 5.12. The van der Waals surface area contributed by atoms with Crippen LogP contribution >= 0.6 is 11.3 Å². The molecular weight excluding hydrogens is 355 g/mol. The second kappa shape index (κ2) is 6.06. The van der Waals surface area contributed by atoms with Crippen LogP contribution in [0.1, 0.15) is 22.5 Å². The molecule has 3 heterocycles. The maximum Gasteiger partial charge on any atom is 0.234 e. The van der Waals surface area contributed by atoms with Gasteiger partial charge in [-0.3, -0.25) is 0 Å². The van der Waals surface area contributed by atoms with Crippen LogP contribution < -0.4 is 9.47 Å². The van der Waals surface area contributed by atoms with E-state index >= 15 is 0 Å². The molecule has 0 unspecified atom stereocenters. The van der Waals surface area contributed by atoms with Gasteiger partial charge in [0.2, 0.25) is 4.96 Å². The summed E-state index contributed by atoms with van der Waals surface area (Å²) in [5.74, 6) is 1.89. The summed E-state index contributed by atoms with van der Waals surface area (Å²) in [6, 6.07) is 13.9. The molecule has 0 aliphatic carbocycles. The molecule has 0 amide bonds. The zero-order valence-electron chi connectivity index (χ0n) is 13.5. The molecule has 1 atom stereocenters. The first-order chi connectivity index (χ1) is 12.8. The van der Waals surface area contributed by atoms with Gasteiger partial charge < -0.3 is 9.47 Å².